The number of aromatic carboxylic acids is 1. The lowest BCUT2D eigenvalue weighted by atomic mass is 10.0. The zero-order valence-corrected chi connectivity index (χ0v) is 12.0. The molecule has 0 aliphatic carbocycles. The Labute approximate surface area is 122 Å². The SMILES string of the molecule is CC(C)CN1Cc2c(nc3ccccc3c2C(=O)O)C1=O. The van der Waals surface area contributed by atoms with E-state index in [9.17, 15) is 14.7 Å². The van der Waals surface area contributed by atoms with Gasteiger partial charge in [0.2, 0.25) is 0 Å². The van der Waals surface area contributed by atoms with E-state index in [1.165, 1.54) is 0 Å². The van der Waals surface area contributed by atoms with E-state index in [4.69, 9.17) is 0 Å². The van der Waals surface area contributed by atoms with Crippen molar-refractivity contribution >= 4 is 22.8 Å². The zero-order chi connectivity index (χ0) is 15.1. The van der Waals surface area contributed by atoms with Crippen LogP contribution in [0, 0.1) is 5.92 Å². The highest BCUT2D eigenvalue weighted by Crippen LogP contribution is 2.30. The van der Waals surface area contributed by atoms with E-state index in [0.29, 0.717) is 35.5 Å². The first-order valence-electron chi connectivity index (χ1n) is 6.93. The van der Waals surface area contributed by atoms with Crippen molar-refractivity contribution in [2.45, 2.75) is 20.4 Å². The first-order valence-corrected chi connectivity index (χ1v) is 6.93. The Hall–Kier alpha value is -2.43. The van der Waals surface area contributed by atoms with Crippen molar-refractivity contribution in [2.75, 3.05) is 6.54 Å². The van der Waals surface area contributed by atoms with Gasteiger partial charge in [0, 0.05) is 24.0 Å². The van der Waals surface area contributed by atoms with Crippen molar-refractivity contribution < 1.29 is 14.7 Å². The molecule has 0 spiro atoms. The lowest BCUT2D eigenvalue weighted by molar-refractivity contribution is 0.0693. The zero-order valence-electron chi connectivity index (χ0n) is 12.0. The molecular formula is C16H16N2O3. The van der Waals surface area contributed by atoms with Gasteiger partial charge in [-0.2, -0.15) is 0 Å². The molecule has 0 saturated heterocycles. The molecule has 2 heterocycles. The number of carbonyl (C=O) groups is 2. The maximum atomic E-state index is 12.4. The monoisotopic (exact) mass is 284 g/mol. The average Bonchev–Trinajstić information content (AvgIpc) is 2.72. The average molecular weight is 284 g/mol. The van der Waals surface area contributed by atoms with E-state index in [-0.39, 0.29) is 17.2 Å². The molecule has 0 bridgehead atoms. The molecule has 5 heteroatoms. The molecule has 1 aliphatic rings. The van der Waals surface area contributed by atoms with Crippen LogP contribution in [0.1, 0.15) is 40.3 Å². The summed E-state index contributed by atoms with van der Waals surface area (Å²) in [6, 6.07) is 7.05. The molecule has 108 valence electrons. The lowest BCUT2D eigenvalue weighted by Gasteiger charge is -2.17. The fraction of sp³-hybridized carbons (Fsp3) is 0.312. The summed E-state index contributed by atoms with van der Waals surface area (Å²) in [4.78, 5) is 30.1. The Morgan fingerprint density at radius 3 is 2.76 bits per heavy atom. The summed E-state index contributed by atoms with van der Waals surface area (Å²) in [7, 11) is 0. The molecular weight excluding hydrogens is 268 g/mol. The molecule has 1 amide bonds. The van der Waals surface area contributed by atoms with Gasteiger partial charge in [0.15, 0.2) is 0 Å². The third kappa shape index (κ3) is 2.14. The van der Waals surface area contributed by atoms with Gasteiger partial charge >= 0.3 is 5.97 Å². The van der Waals surface area contributed by atoms with Crippen LogP contribution in [0.3, 0.4) is 0 Å². The highest BCUT2D eigenvalue weighted by Gasteiger charge is 2.34. The van der Waals surface area contributed by atoms with Crippen LogP contribution in [0.25, 0.3) is 10.9 Å². The molecule has 0 fully saturated rings. The summed E-state index contributed by atoms with van der Waals surface area (Å²) in [6.07, 6.45) is 0. The number of aromatic nitrogens is 1. The number of pyridine rings is 1. The third-order valence-corrected chi connectivity index (χ3v) is 3.63. The number of hydrogen-bond donors (Lipinski definition) is 1. The summed E-state index contributed by atoms with van der Waals surface area (Å²) in [5, 5.41) is 10.1. The van der Waals surface area contributed by atoms with Gasteiger partial charge in [-0.1, -0.05) is 32.0 Å². The van der Waals surface area contributed by atoms with Gasteiger partial charge in [0.1, 0.15) is 5.69 Å². The summed E-state index contributed by atoms with van der Waals surface area (Å²) < 4.78 is 0. The summed E-state index contributed by atoms with van der Waals surface area (Å²) in [5.74, 6) is -0.859. The summed E-state index contributed by atoms with van der Waals surface area (Å²) in [6.45, 7) is 4.98. The predicted octanol–water partition coefficient (Wildman–Crippen LogP) is 2.54. The van der Waals surface area contributed by atoms with Crippen molar-refractivity contribution in [3.63, 3.8) is 0 Å². The highest BCUT2D eigenvalue weighted by atomic mass is 16.4. The fourth-order valence-corrected chi connectivity index (χ4v) is 2.83. The van der Waals surface area contributed by atoms with E-state index in [2.05, 4.69) is 4.98 Å². The molecule has 3 rings (SSSR count). The molecule has 0 unspecified atom stereocenters. The van der Waals surface area contributed by atoms with Crippen LogP contribution in [0.5, 0.6) is 0 Å². The smallest absolute Gasteiger partial charge is 0.336 e. The standard InChI is InChI=1S/C16H16N2O3/c1-9(2)7-18-8-11-13(16(20)21)10-5-3-4-6-12(10)17-14(11)15(18)19/h3-6,9H,7-8H2,1-2H3,(H,20,21). The predicted molar refractivity (Wildman–Crippen MR) is 78.3 cm³/mol. The van der Waals surface area contributed by atoms with Gasteiger partial charge in [-0.15, -0.1) is 0 Å². The molecule has 0 atom stereocenters. The molecule has 1 aliphatic heterocycles. The quantitative estimate of drug-likeness (QED) is 0.940. The van der Waals surface area contributed by atoms with E-state index in [1.807, 2.05) is 13.8 Å². The number of carboxylic acid groups (broad SMARTS) is 1. The van der Waals surface area contributed by atoms with Crippen LogP contribution in [-0.2, 0) is 6.54 Å². The number of rotatable bonds is 3. The maximum absolute atomic E-state index is 12.4. The Balaban J connectivity index is 2.21. The highest BCUT2D eigenvalue weighted by molar-refractivity contribution is 6.09. The van der Waals surface area contributed by atoms with Crippen LogP contribution in [0.4, 0.5) is 0 Å². The topological polar surface area (TPSA) is 70.5 Å². The van der Waals surface area contributed by atoms with Gasteiger partial charge < -0.3 is 10.0 Å². The number of carbonyl (C=O) groups excluding carboxylic acids is 1. The first-order chi connectivity index (χ1) is 9.99. The molecule has 1 aromatic heterocycles. The van der Waals surface area contributed by atoms with Crippen LogP contribution in [-0.4, -0.2) is 33.4 Å². The minimum absolute atomic E-state index is 0.174. The summed E-state index contributed by atoms with van der Waals surface area (Å²) in [5.41, 5.74) is 1.57. The molecule has 1 N–H and O–H groups in total. The van der Waals surface area contributed by atoms with Crippen LogP contribution >= 0.6 is 0 Å². The van der Waals surface area contributed by atoms with Crippen LogP contribution in [0.2, 0.25) is 0 Å². The van der Waals surface area contributed by atoms with E-state index < -0.39 is 5.97 Å². The van der Waals surface area contributed by atoms with Crippen molar-refractivity contribution in [3.8, 4) is 0 Å². The molecule has 0 radical (unpaired) electrons. The lowest BCUT2D eigenvalue weighted by Crippen LogP contribution is -2.28. The third-order valence-electron chi connectivity index (χ3n) is 3.63. The number of hydrogen-bond acceptors (Lipinski definition) is 3. The number of para-hydroxylation sites is 1. The number of amides is 1. The normalized spacial score (nSPS) is 14.0. The van der Waals surface area contributed by atoms with Crippen LogP contribution in [0.15, 0.2) is 24.3 Å². The maximum Gasteiger partial charge on any atom is 0.336 e. The molecule has 21 heavy (non-hydrogen) atoms. The number of nitrogens with zero attached hydrogens (tertiary/aromatic N) is 2. The van der Waals surface area contributed by atoms with Crippen molar-refractivity contribution in [3.05, 3.63) is 41.1 Å². The Kier molecular flexibility index (Phi) is 3.12. The van der Waals surface area contributed by atoms with Crippen molar-refractivity contribution in [2.24, 2.45) is 5.92 Å². The van der Waals surface area contributed by atoms with Crippen molar-refractivity contribution in [1.29, 1.82) is 0 Å². The van der Waals surface area contributed by atoms with E-state index in [0.717, 1.165) is 0 Å². The molecule has 1 aromatic carbocycles. The van der Waals surface area contributed by atoms with Gasteiger partial charge in [0.05, 0.1) is 11.1 Å². The van der Waals surface area contributed by atoms with Crippen LogP contribution < -0.4 is 0 Å². The van der Waals surface area contributed by atoms with Crippen molar-refractivity contribution in [1.82, 2.24) is 9.88 Å². The van der Waals surface area contributed by atoms with Gasteiger partial charge in [-0.05, 0) is 12.0 Å². The summed E-state index contributed by atoms with van der Waals surface area (Å²) >= 11 is 0. The Morgan fingerprint density at radius 2 is 2.10 bits per heavy atom. The van der Waals surface area contributed by atoms with E-state index in [1.54, 1.807) is 29.2 Å². The molecule has 0 saturated carbocycles. The first kappa shape index (κ1) is 13.5. The number of fused-ring (bicyclic) bond motifs is 2. The Bertz CT molecular complexity index is 753. The molecule has 2 aromatic rings. The fourth-order valence-electron chi connectivity index (χ4n) is 2.83. The minimum Gasteiger partial charge on any atom is -0.478 e. The van der Waals surface area contributed by atoms with E-state index >= 15 is 0 Å². The number of benzene rings is 1. The minimum atomic E-state index is -1.01. The van der Waals surface area contributed by atoms with Gasteiger partial charge in [0.25, 0.3) is 5.91 Å². The second-order valence-corrected chi connectivity index (χ2v) is 5.72. The second-order valence-electron chi connectivity index (χ2n) is 5.72. The Morgan fingerprint density at radius 1 is 1.38 bits per heavy atom. The van der Waals surface area contributed by atoms with Gasteiger partial charge in [-0.3, -0.25) is 4.79 Å². The second kappa shape index (κ2) is 4.84. The van der Waals surface area contributed by atoms with Gasteiger partial charge in [-0.25, -0.2) is 9.78 Å². The largest absolute Gasteiger partial charge is 0.478 e. The number of carboxylic acids is 1. The molecule has 5 nitrogen and oxygen atoms in total.